The van der Waals surface area contributed by atoms with Gasteiger partial charge in [-0.25, -0.2) is 0 Å². The third-order valence-electron chi connectivity index (χ3n) is 4.05. The van der Waals surface area contributed by atoms with Crippen molar-refractivity contribution >= 4 is 34.5 Å². The van der Waals surface area contributed by atoms with Gasteiger partial charge in [0.2, 0.25) is 4.96 Å². The van der Waals surface area contributed by atoms with E-state index < -0.39 is 0 Å². The van der Waals surface area contributed by atoms with Crippen LogP contribution < -0.4 is 14.8 Å². The van der Waals surface area contributed by atoms with E-state index in [2.05, 4.69) is 17.0 Å². The van der Waals surface area contributed by atoms with Crippen LogP contribution in [0.15, 0.2) is 59.4 Å². The normalized spacial score (nSPS) is 12.2. The minimum Gasteiger partial charge on any atom is -0.494 e. The molecule has 2 aromatic carbocycles. The highest BCUT2D eigenvalue weighted by Gasteiger charge is 2.09. The summed E-state index contributed by atoms with van der Waals surface area (Å²) in [5.41, 5.74) is 1.81. The summed E-state index contributed by atoms with van der Waals surface area (Å²) in [5, 5.41) is 4.32. The zero-order chi connectivity index (χ0) is 19.3. The smallest absolute Gasteiger partial charge is 0.291 e. The summed E-state index contributed by atoms with van der Waals surface area (Å²) < 4.78 is 7.61. The topological polar surface area (TPSA) is 56.5 Å². The Morgan fingerprint density at radius 3 is 2.68 bits per heavy atom. The van der Waals surface area contributed by atoms with Crippen molar-refractivity contribution in [1.29, 1.82) is 0 Å². The Kier molecular flexibility index (Phi) is 5.30. The Morgan fingerprint density at radius 2 is 1.89 bits per heavy atom. The lowest BCUT2D eigenvalue weighted by Crippen LogP contribution is -2.23. The summed E-state index contributed by atoms with van der Waals surface area (Å²) in [6.07, 6.45) is 6.54. The van der Waals surface area contributed by atoms with Crippen molar-refractivity contribution in [3.63, 3.8) is 0 Å². The van der Waals surface area contributed by atoms with E-state index in [4.69, 9.17) is 4.74 Å². The summed E-state index contributed by atoms with van der Waals surface area (Å²) in [7, 11) is 0. The summed E-state index contributed by atoms with van der Waals surface area (Å²) in [4.78, 5) is 17.7. The van der Waals surface area contributed by atoms with E-state index in [1.54, 1.807) is 0 Å². The van der Waals surface area contributed by atoms with Crippen LogP contribution in [0.3, 0.4) is 0 Å². The van der Waals surface area contributed by atoms with Gasteiger partial charge >= 0.3 is 0 Å². The number of rotatable bonds is 6. The predicted octanol–water partition coefficient (Wildman–Crippen LogP) is 3.66. The Hall–Kier alpha value is -3.25. The molecular weight excluding hydrogens is 370 g/mol. The summed E-state index contributed by atoms with van der Waals surface area (Å²) in [6.45, 7) is 2.74. The highest BCUT2D eigenvalue weighted by atomic mass is 32.1. The number of hydrogen-bond acceptors (Lipinski definition) is 5. The zero-order valence-corrected chi connectivity index (χ0v) is 16.2. The molecule has 0 spiro atoms. The van der Waals surface area contributed by atoms with Gasteiger partial charge in [-0.1, -0.05) is 66.8 Å². The Morgan fingerprint density at radius 1 is 1.07 bits per heavy atom. The first-order valence-electron chi connectivity index (χ1n) is 9.10. The van der Waals surface area contributed by atoms with Gasteiger partial charge in [0.05, 0.1) is 11.1 Å². The van der Waals surface area contributed by atoms with E-state index in [1.165, 1.54) is 15.9 Å². The maximum atomic E-state index is 12.7. The van der Waals surface area contributed by atoms with Crippen molar-refractivity contribution in [3.8, 4) is 5.75 Å². The molecule has 0 radical (unpaired) electrons. The summed E-state index contributed by atoms with van der Waals surface area (Å²) >= 11 is 1.33. The number of hydrogen-bond donors (Lipinski definition) is 0. The van der Waals surface area contributed by atoms with E-state index in [1.807, 2.05) is 72.8 Å². The van der Waals surface area contributed by atoms with Crippen molar-refractivity contribution in [3.05, 3.63) is 86.4 Å². The minimum absolute atomic E-state index is 0.160. The monoisotopic (exact) mass is 389 g/mol. The van der Waals surface area contributed by atoms with E-state index in [0.29, 0.717) is 21.9 Å². The molecular formula is C22H19N3O2S. The summed E-state index contributed by atoms with van der Waals surface area (Å²) in [6, 6.07) is 17.6. The minimum atomic E-state index is -0.160. The van der Waals surface area contributed by atoms with Crippen LogP contribution in [0.4, 0.5) is 0 Å². The molecule has 0 N–H and O–H groups in total. The van der Waals surface area contributed by atoms with Gasteiger partial charge in [-0.15, -0.1) is 5.10 Å². The second kappa shape index (κ2) is 8.19. The van der Waals surface area contributed by atoms with Gasteiger partial charge in [0.25, 0.3) is 5.56 Å². The van der Waals surface area contributed by atoms with Crippen molar-refractivity contribution < 1.29 is 4.74 Å². The molecule has 0 aliphatic carbocycles. The van der Waals surface area contributed by atoms with Crippen LogP contribution in [0.2, 0.25) is 0 Å². The number of nitrogens with zero attached hydrogens (tertiary/aromatic N) is 3. The third kappa shape index (κ3) is 4.02. The molecule has 0 atom stereocenters. The van der Waals surface area contributed by atoms with Crippen LogP contribution in [0.25, 0.3) is 23.2 Å². The van der Waals surface area contributed by atoms with Gasteiger partial charge < -0.3 is 4.74 Å². The van der Waals surface area contributed by atoms with Gasteiger partial charge in [0.1, 0.15) is 5.75 Å². The second-order valence-corrected chi connectivity index (χ2v) is 7.25. The number of aromatic nitrogens is 3. The fraction of sp³-hybridized carbons (Fsp3) is 0.136. The Balaban J connectivity index is 1.62. The molecule has 4 rings (SSSR count). The van der Waals surface area contributed by atoms with Gasteiger partial charge in [0, 0.05) is 0 Å². The quantitative estimate of drug-likeness (QED) is 0.505. The van der Waals surface area contributed by atoms with Crippen LogP contribution in [-0.4, -0.2) is 21.2 Å². The zero-order valence-electron chi connectivity index (χ0n) is 15.4. The lowest BCUT2D eigenvalue weighted by molar-refractivity contribution is 0.317. The molecule has 0 saturated carbocycles. The second-order valence-electron chi connectivity index (χ2n) is 6.25. The molecule has 0 aliphatic rings. The summed E-state index contributed by atoms with van der Waals surface area (Å²) in [5.74, 6) is 1.32. The average Bonchev–Trinajstić information content (AvgIpc) is 3.25. The van der Waals surface area contributed by atoms with E-state index >= 15 is 0 Å². The maximum absolute atomic E-state index is 12.7. The molecule has 0 fully saturated rings. The standard InChI is InChI=1S/C22H19N3O2S/c1-2-13-27-18-10-6-9-17(14-18)15-19-21(26)25-22(28-19)23-20(24-25)12-11-16-7-4-3-5-8-16/h3-12,14-15H,2,13H2,1H3. The van der Waals surface area contributed by atoms with E-state index in [-0.39, 0.29) is 5.56 Å². The van der Waals surface area contributed by atoms with Gasteiger partial charge in [-0.05, 0) is 41.8 Å². The lowest BCUT2D eigenvalue weighted by Gasteiger charge is -2.04. The van der Waals surface area contributed by atoms with Crippen molar-refractivity contribution in [1.82, 2.24) is 14.6 Å². The van der Waals surface area contributed by atoms with Crippen molar-refractivity contribution in [2.45, 2.75) is 13.3 Å². The number of fused-ring (bicyclic) bond motifs is 1. The SMILES string of the molecule is CCCOc1cccc(C=c2sc3nc(C=Cc4ccccc4)nn3c2=O)c1. The maximum Gasteiger partial charge on any atom is 0.291 e. The largest absolute Gasteiger partial charge is 0.494 e. The van der Waals surface area contributed by atoms with Crippen LogP contribution in [0.5, 0.6) is 5.75 Å². The van der Waals surface area contributed by atoms with Crippen LogP contribution in [0.1, 0.15) is 30.3 Å². The highest BCUT2D eigenvalue weighted by Crippen LogP contribution is 2.14. The van der Waals surface area contributed by atoms with Crippen molar-refractivity contribution in [2.24, 2.45) is 0 Å². The molecule has 0 bridgehead atoms. The molecule has 2 heterocycles. The van der Waals surface area contributed by atoms with Crippen LogP contribution in [-0.2, 0) is 0 Å². The molecule has 6 heteroatoms. The molecule has 0 unspecified atom stereocenters. The molecule has 140 valence electrons. The van der Waals surface area contributed by atoms with E-state index in [0.717, 1.165) is 23.3 Å². The molecule has 0 aliphatic heterocycles. The molecule has 0 amide bonds. The molecule has 5 nitrogen and oxygen atoms in total. The van der Waals surface area contributed by atoms with E-state index in [9.17, 15) is 4.79 Å². The Labute approximate surface area is 166 Å². The number of thiazole rings is 1. The van der Waals surface area contributed by atoms with Gasteiger partial charge in [-0.3, -0.25) is 4.79 Å². The molecule has 2 aromatic heterocycles. The first kappa shape index (κ1) is 18.1. The van der Waals surface area contributed by atoms with Crippen molar-refractivity contribution in [2.75, 3.05) is 6.61 Å². The lowest BCUT2D eigenvalue weighted by atomic mass is 10.2. The molecule has 28 heavy (non-hydrogen) atoms. The van der Waals surface area contributed by atoms with Gasteiger partial charge in [-0.2, -0.15) is 9.50 Å². The van der Waals surface area contributed by atoms with Crippen LogP contribution >= 0.6 is 11.3 Å². The highest BCUT2D eigenvalue weighted by molar-refractivity contribution is 7.15. The first-order valence-corrected chi connectivity index (χ1v) is 9.92. The molecule has 4 aromatic rings. The Bertz CT molecular complexity index is 1230. The fourth-order valence-electron chi connectivity index (χ4n) is 2.72. The third-order valence-corrected chi connectivity index (χ3v) is 5.01. The predicted molar refractivity (Wildman–Crippen MR) is 114 cm³/mol. The van der Waals surface area contributed by atoms with Gasteiger partial charge in [0.15, 0.2) is 5.82 Å². The first-order chi connectivity index (χ1) is 13.7. The number of ether oxygens (including phenoxy) is 1. The number of benzene rings is 2. The van der Waals surface area contributed by atoms with Crippen LogP contribution in [0, 0.1) is 0 Å². The average molecular weight is 389 g/mol. The molecule has 0 saturated heterocycles. The fourth-order valence-corrected chi connectivity index (χ4v) is 3.63.